The first kappa shape index (κ1) is 11.2. The fourth-order valence-corrected chi connectivity index (χ4v) is 1.82. The highest BCUT2D eigenvalue weighted by molar-refractivity contribution is 7.92. The van der Waals surface area contributed by atoms with Crippen molar-refractivity contribution in [3.8, 4) is 0 Å². The average Bonchev–Trinajstić information content (AvgIpc) is 2.02. The van der Waals surface area contributed by atoms with Crippen molar-refractivity contribution >= 4 is 21.5 Å². The molecule has 0 aromatic carbocycles. The molecule has 0 aliphatic carbocycles. The van der Waals surface area contributed by atoms with Gasteiger partial charge in [0.05, 0.1) is 5.92 Å². The molecule has 14 heavy (non-hydrogen) atoms. The smallest absolute Gasteiger partial charge is 0.258 e. The van der Waals surface area contributed by atoms with E-state index in [4.69, 9.17) is 0 Å². The van der Waals surface area contributed by atoms with Crippen LogP contribution in [-0.4, -0.2) is 35.1 Å². The standard InChI is InChI=1S/C8H14N2O3S/c1-14(2,13)10-8(12)6-3-4-7(11)9-5-6/h6H,3-5H2,1-2H3,(H,9,11). The van der Waals surface area contributed by atoms with E-state index < -0.39 is 9.73 Å². The van der Waals surface area contributed by atoms with E-state index >= 15 is 0 Å². The molecule has 1 aliphatic rings. The van der Waals surface area contributed by atoms with E-state index in [0.717, 1.165) is 0 Å². The van der Waals surface area contributed by atoms with Gasteiger partial charge in [-0.2, -0.15) is 4.36 Å². The van der Waals surface area contributed by atoms with Gasteiger partial charge in [-0.15, -0.1) is 0 Å². The predicted octanol–water partition coefficient (Wildman–Crippen LogP) is -0.233. The predicted molar refractivity (Wildman–Crippen MR) is 53.2 cm³/mol. The van der Waals surface area contributed by atoms with Gasteiger partial charge in [0, 0.05) is 35.2 Å². The monoisotopic (exact) mass is 218 g/mol. The van der Waals surface area contributed by atoms with Crippen LogP contribution in [0.1, 0.15) is 12.8 Å². The van der Waals surface area contributed by atoms with Gasteiger partial charge < -0.3 is 5.32 Å². The molecule has 1 heterocycles. The Labute approximate surface area is 83.4 Å². The zero-order valence-electron chi connectivity index (χ0n) is 8.28. The lowest BCUT2D eigenvalue weighted by atomic mass is 9.99. The molecule has 1 fully saturated rings. The maximum Gasteiger partial charge on any atom is 0.258 e. The molecule has 0 aromatic heterocycles. The van der Waals surface area contributed by atoms with Crippen molar-refractivity contribution in [2.24, 2.45) is 10.3 Å². The van der Waals surface area contributed by atoms with E-state index in [-0.39, 0.29) is 17.7 Å². The van der Waals surface area contributed by atoms with Crippen LogP contribution in [-0.2, 0) is 19.3 Å². The molecular weight excluding hydrogens is 204 g/mol. The summed E-state index contributed by atoms with van der Waals surface area (Å²) in [4.78, 5) is 22.2. The first-order valence-corrected chi connectivity index (χ1v) is 6.69. The van der Waals surface area contributed by atoms with Gasteiger partial charge in [-0.05, 0) is 6.42 Å². The van der Waals surface area contributed by atoms with Gasteiger partial charge in [0.2, 0.25) is 5.91 Å². The molecule has 80 valence electrons. The van der Waals surface area contributed by atoms with E-state index in [1.807, 2.05) is 0 Å². The number of amides is 2. The highest BCUT2D eigenvalue weighted by Crippen LogP contribution is 2.12. The Morgan fingerprint density at radius 1 is 1.57 bits per heavy atom. The number of hydrogen-bond acceptors (Lipinski definition) is 3. The van der Waals surface area contributed by atoms with Crippen LogP contribution in [0.2, 0.25) is 0 Å². The summed E-state index contributed by atoms with van der Waals surface area (Å²) in [6.45, 7) is 0.316. The molecule has 6 heteroatoms. The van der Waals surface area contributed by atoms with Crippen LogP contribution >= 0.6 is 0 Å². The number of nitrogens with zero attached hydrogens (tertiary/aromatic N) is 1. The van der Waals surface area contributed by atoms with Gasteiger partial charge in [-0.3, -0.25) is 9.59 Å². The Kier molecular flexibility index (Phi) is 3.25. The second kappa shape index (κ2) is 4.08. The summed E-state index contributed by atoms with van der Waals surface area (Å²) in [5.74, 6) is -0.698. The van der Waals surface area contributed by atoms with Crippen molar-refractivity contribution in [1.29, 1.82) is 0 Å². The first-order valence-electron chi connectivity index (χ1n) is 4.36. The summed E-state index contributed by atoms with van der Waals surface area (Å²) in [6, 6.07) is 0. The van der Waals surface area contributed by atoms with Crippen LogP contribution in [0.3, 0.4) is 0 Å². The molecule has 0 saturated carbocycles. The maximum absolute atomic E-state index is 11.4. The fraction of sp³-hybridized carbons (Fsp3) is 0.750. The van der Waals surface area contributed by atoms with Crippen LogP contribution in [0.15, 0.2) is 4.36 Å². The van der Waals surface area contributed by atoms with Crippen molar-refractivity contribution in [3.05, 3.63) is 0 Å². The number of piperidine rings is 1. The third kappa shape index (κ3) is 3.45. The highest BCUT2D eigenvalue weighted by Gasteiger charge is 2.24. The lowest BCUT2D eigenvalue weighted by Crippen LogP contribution is -2.38. The molecule has 1 aliphatic heterocycles. The zero-order chi connectivity index (χ0) is 10.8. The quantitative estimate of drug-likeness (QED) is 0.660. The average molecular weight is 218 g/mol. The lowest BCUT2D eigenvalue weighted by molar-refractivity contribution is -0.126. The molecule has 1 atom stereocenters. The molecule has 0 bridgehead atoms. The van der Waals surface area contributed by atoms with Crippen LogP contribution < -0.4 is 5.32 Å². The second-order valence-electron chi connectivity index (χ2n) is 3.65. The number of nitrogens with one attached hydrogen (secondary N) is 1. The fourth-order valence-electron chi connectivity index (χ4n) is 1.23. The largest absolute Gasteiger partial charge is 0.355 e. The Hall–Kier alpha value is -0.910. The van der Waals surface area contributed by atoms with Crippen LogP contribution in [0.5, 0.6) is 0 Å². The van der Waals surface area contributed by atoms with Crippen molar-refractivity contribution in [2.75, 3.05) is 19.1 Å². The molecule has 1 N–H and O–H groups in total. The lowest BCUT2D eigenvalue weighted by Gasteiger charge is -2.19. The van der Waals surface area contributed by atoms with Gasteiger partial charge in [0.15, 0.2) is 0 Å². The summed E-state index contributed by atoms with van der Waals surface area (Å²) in [6.07, 6.45) is 3.70. The molecule has 0 spiro atoms. The molecule has 0 aromatic rings. The van der Waals surface area contributed by atoms with Crippen molar-refractivity contribution < 1.29 is 13.8 Å². The molecule has 1 unspecified atom stereocenters. The SMILES string of the molecule is CS(C)(=O)=NC(=O)C1CCC(=O)NC1. The molecule has 1 saturated heterocycles. The summed E-state index contributed by atoms with van der Waals surface area (Å²) >= 11 is 0. The van der Waals surface area contributed by atoms with Crippen molar-refractivity contribution in [2.45, 2.75) is 12.8 Å². The van der Waals surface area contributed by atoms with Crippen LogP contribution in [0, 0.1) is 5.92 Å². The van der Waals surface area contributed by atoms with E-state index in [1.165, 1.54) is 12.5 Å². The van der Waals surface area contributed by atoms with Gasteiger partial charge in [0.25, 0.3) is 5.91 Å². The van der Waals surface area contributed by atoms with Gasteiger partial charge in [-0.25, -0.2) is 4.21 Å². The number of carbonyl (C=O) groups excluding carboxylic acids is 2. The zero-order valence-corrected chi connectivity index (χ0v) is 9.10. The Balaban J connectivity index is 2.64. The van der Waals surface area contributed by atoms with Crippen LogP contribution in [0.4, 0.5) is 0 Å². The Bertz CT molecular complexity index is 351. The second-order valence-corrected chi connectivity index (χ2v) is 6.20. The Morgan fingerprint density at radius 2 is 2.21 bits per heavy atom. The van der Waals surface area contributed by atoms with Gasteiger partial charge in [0.1, 0.15) is 0 Å². The molecule has 5 nitrogen and oxygen atoms in total. The number of rotatable bonds is 1. The molecule has 0 radical (unpaired) electrons. The van der Waals surface area contributed by atoms with Crippen molar-refractivity contribution in [3.63, 3.8) is 0 Å². The summed E-state index contributed by atoms with van der Waals surface area (Å²) < 4.78 is 14.8. The summed E-state index contributed by atoms with van der Waals surface area (Å²) in [7, 11) is -2.37. The van der Waals surface area contributed by atoms with E-state index in [2.05, 4.69) is 9.68 Å². The third-order valence-corrected chi connectivity index (χ3v) is 2.54. The highest BCUT2D eigenvalue weighted by atomic mass is 32.2. The topological polar surface area (TPSA) is 75.6 Å². The van der Waals surface area contributed by atoms with Crippen molar-refractivity contribution in [1.82, 2.24) is 5.32 Å². The summed E-state index contributed by atoms with van der Waals surface area (Å²) in [5, 5.41) is 2.59. The summed E-state index contributed by atoms with van der Waals surface area (Å²) in [5.41, 5.74) is 0. The number of hydrogen-bond donors (Lipinski definition) is 1. The number of carbonyl (C=O) groups is 2. The van der Waals surface area contributed by atoms with Crippen LogP contribution in [0.25, 0.3) is 0 Å². The maximum atomic E-state index is 11.4. The molecular formula is C8H14N2O3S. The molecule has 2 amide bonds. The van der Waals surface area contributed by atoms with E-state index in [9.17, 15) is 13.8 Å². The van der Waals surface area contributed by atoms with Gasteiger partial charge in [-0.1, -0.05) is 0 Å². The normalized spacial score (nSPS) is 22.7. The van der Waals surface area contributed by atoms with E-state index in [0.29, 0.717) is 19.4 Å². The van der Waals surface area contributed by atoms with Gasteiger partial charge >= 0.3 is 0 Å². The minimum atomic E-state index is -2.37. The first-order chi connectivity index (χ1) is 6.38. The Morgan fingerprint density at radius 3 is 2.64 bits per heavy atom. The minimum Gasteiger partial charge on any atom is -0.355 e. The molecule has 1 rings (SSSR count). The third-order valence-electron chi connectivity index (χ3n) is 1.92. The minimum absolute atomic E-state index is 0.0391. The van der Waals surface area contributed by atoms with E-state index in [1.54, 1.807) is 0 Å².